The average Bonchev–Trinajstić information content (AvgIpc) is 2.94. The molecule has 1 heterocycles. The number of thioether (sulfide) groups is 1. The van der Waals surface area contributed by atoms with E-state index in [1.54, 1.807) is 13.3 Å². The van der Waals surface area contributed by atoms with Crippen molar-refractivity contribution in [3.8, 4) is 17.0 Å². The van der Waals surface area contributed by atoms with Crippen LogP contribution in [0.25, 0.3) is 11.3 Å². The maximum atomic E-state index is 11.5. The lowest BCUT2D eigenvalue weighted by Gasteiger charge is -2.06. The zero-order chi connectivity index (χ0) is 14.4. The van der Waals surface area contributed by atoms with Crippen LogP contribution in [0.15, 0.2) is 30.5 Å². The molecule has 0 atom stereocenters. The number of hydrogen-bond acceptors (Lipinski definition) is 4. The Kier molecular flexibility index (Phi) is 5.06. The van der Waals surface area contributed by atoms with E-state index in [0.717, 1.165) is 22.6 Å². The maximum absolute atomic E-state index is 11.5. The molecule has 5 nitrogen and oxygen atoms in total. The molecular formula is C14H17N3O2S. The fraction of sp³-hybridized carbons (Fsp3) is 0.286. The third kappa shape index (κ3) is 3.54. The number of benzene rings is 1. The third-order valence-electron chi connectivity index (χ3n) is 2.85. The first-order valence-electron chi connectivity index (χ1n) is 6.17. The summed E-state index contributed by atoms with van der Waals surface area (Å²) in [6, 6.07) is 7.71. The first kappa shape index (κ1) is 14.5. The van der Waals surface area contributed by atoms with Crippen molar-refractivity contribution in [2.75, 3.05) is 19.1 Å². The fourth-order valence-electron chi connectivity index (χ4n) is 1.83. The van der Waals surface area contributed by atoms with Gasteiger partial charge in [0.2, 0.25) is 5.91 Å². The molecule has 0 aliphatic carbocycles. The summed E-state index contributed by atoms with van der Waals surface area (Å²) in [7, 11) is 1.64. The van der Waals surface area contributed by atoms with Crippen LogP contribution in [0.4, 0.5) is 0 Å². The minimum absolute atomic E-state index is 0.0272. The number of rotatable bonds is 6. The Morgan fingerprint density at radius 3 is 2.80 bits per heavy atom. The van der Waals surface area contributed by atoms with E-state index in [2.05, 4.69) is 15.5 Å². The van der Waals surface area contributed by atoms with Gasteiger partial charge in [0.05, 0.1) is 24.8 Å². The van der Waals surface area contributed by atoms with Gasteiger partial charge < -0.3 is 10.1 Å². The molecule has 20 heavy (non-hydrogen) atoms. The average molecular weight is 291 g/mol. The van der Waals surface area contributed by atoms with Gasteiger partial charge >= 0.3 is 0 Å². The molecule has 0 saturated heterocycles. The smallest absolute Gasteiger partial charge is 0.230 e. The van der Waals surface area contributed by atoms with E-state index in [-0.39, 0.29) is 5.91 Å². The summed E-state index contributed by atoms with van der Waals surface area (Å²) < 4.78 is 5.14. The molecule has 0 unspecified atom stereocenters. The van der Waals surface area contributed by atoms with Crippen LogP contribution in [0.2, 0.25) is 0 Å². The molecule has 6 heteroatoms. The molecule has 0 bridgehead atoms. The number of ether oxygens (including phenoxy) is 1. The van der Waals surface area contributed by atoms with E-state index in [4.69, 9.17) is 4.74 Å². The van der Waals surface area contributed by atoms with Crippen molar-refractivity contribution in [1.29, 1.82) is 0 Å². The highest BCUT2D eigenvalue weighted by Crippen LogP contribution is 2.23. The van der Waals surface area contributed by atoms with Crippen LogP contribution in [-0.4, -0.2) is 35.2 Å². The third-order valence-corrected chi connectivity index (χ3v) is 3.40. The Bertz CT molecular complexity index is 566. The number of aromatic amines is 1. The van der Waals surface area contributed by atoms with E-state index in [9.17, 15) is 4.79 Å². The van der Waals surface area contributed by atoms with Gasteiger partial charge in [-0.2, -0.15) is 16.9 Å². The Morgan fingerprint density at radius 1 is 1.40 bits per heavy atom. The maximum Gasteiger partial charge on any atom is 0.230 e. The van der Waals surface area contributed by atoms with Crippen LogP contribution in [-0.2, 0) is 11.3 Å². The topological polar surface area (TPSA) is 67.0 Å². The number of hydrogen-bond donors (Lipinski definition) is 2. The second kappa shape index (κ2) is 7.00. The first-order valence-corrected chi connectivity index (χ1v) is 7.56. The monoisotopic (exact) mass is 291 g/mol. The quantitative estimate of drug-likeness (QED) is 0.855. The first-order chi connectivity index (χ1) is 9.74. The Balaban J connectivity index is 2.09. The van der Waals surface area contributed by atoms with Crippen molar-refractivity contribution < 1.29 is 9.53 Å². The Labute approximate surface area is 122 Å². The summed E-state index contributed by atoms with van der Waals surface area (Å²) in [5.74, 6) is 1.30. The number of aromatic nitrogens is 2. The molecule has 2 N–H and O–H groups in total. The zero-order valence-corrected chi connectivity index (χ0v) is 12.3. The molecular weight excluding hydrogens is 274 g/mol. The lowest BCUT2D eigenvalue weighted by molar-refractivity contribution is -0.118. The van der Waals surface area contributed by atoms with Crippen LogP contribution in [0, 0.1) is 0 Å². The standard InChI is InChI=1S/C14H17N3O2S/c1-19-12-5-3-10(4-6-12)14-11(8-16-17-14)7-15-13(18)9-20-2/h3-6,8H,7,9H2,1-2H3,(H,15,18)(H,16,17). The summed E-state index contributed by atoms with van der Waals surface area (Å²) >= 11 is 1.50. The molecule has 106 valence electrons. The minimum Gasteiger partial charge on any atom is -0.497 e. The number of amides is 1. The molecule has 0 radical (unpaired) electrons. The van der Waals surface area contributed by atoms with E-state index in [0.29, 0.717) is 12.3 Å². The van der Waals surface area contributed by atoms with Crippen LogP contribution in [0.5, 0.6) is 5.75 Å². The van der Waals surface area contributed by atoms with Gasteiger partial charge in [-0.3, -0.25) is 9.89 Å². The molecule has 2 rings (SSSR count). The molecule has 2 aromatic rings. The van der Waals surface area contributed by atoms with E-state index >= 15 is 0 Å². The van der Waals surface area contributed by atoms with Gasteiger partial charge in [0, 0.05) is 17.7 Å². The number of nitrogens with one attached hydrogen (secondary N) is 2. The minimum atomic E-state index is 0.0272. The van der Waals surface area contributed by atoms with Gasteiger partial charge in [0.1, 0.15) is 5.75 Å². The van der Waals surface area contributed by atoms with Crippen molar-refractivity contribution in [3.05, 3.63) is 36.0 Å². The molecule has 0 aliphatic rings. The van der Waals surface area contributed by atoms with Gasteiger partial charge in [0.25, 0.3) is 0 Å². The van der Waals surface area contributed by atoms with E-state index in [1.807, 2.05) is 30.5 Å². The molecule has 0 saturated carbocycles. The highest BCUT2D eigenvalue weighted by molar-refractivity contribution is 7.99. The van der Waals surface area contributed by atoms with Crippen LogP contribution < -0.4 is 10.1 Å². The van der Waals surface area contributed by atoms with Gasteiger partial charge in [-0.15, -0.1) is 0 Å². The number of H-pyrrole nitrogens is 1. The van der Waals surface area contributed by atoms with Crippen molar-refractivity contribution in [2.45, 2.75) is 6.54 Å². The van der Waals surface area contributed by atoms with Crippen molar-refractivity contribution >= 4 is 17.7 Å². The highest BCUT2D eigenvalue weighted by atomic mass is 32.2. The highest BCUT2D eigenvalue weighted by Gasteiger charge is 2.09. The number of nitrogens with zero attached hydrogens (tertiary/aromatic N) is 1. The fourth-order valence-corrected chi connectivity index (χ4v) is 2.19. The Hall–Kier alpha value is -1.95. The van der Waals surface area contributed by atoms with Crippen LogP contribution in [0.1, 0.15) is 5.56 Å². The van der Waals surface area contributed by atoms with Gasteiger partial charge in [-0.25, -0.2) is 0 Å². The summed E-state index contributed by atoms with van der Waals surface area (Å²) in [4.78, 5) is 11.5. The second-order valence-corrected chi connectivity index (χ2v) is 5.07. The number of methoxy groups -OCH3 is 1. The van der Waals surface area contributed by atoms with Gasteiger partial charge in [0.15, 0.2) is 0 Å². The predicted octanol–water partition coefficient (Wildman–Crippen LogP) is 2.06. The predicted molar refractivity (Wildman–Crippen MR) is 80.8 cm³/mol. The summed E-state index contributed by atoms with van der Waals surface area (Å²) in [6.45, 7) is 0.469. The zero-order valence-electron chi connectivity index (χ0n) is 11.5. The lowest BCUT2D eigenvalue weighted by Crippen LogP contribution is -2.24. The Morgan fingerprint density at radius 2 is 2.15 bits per heavy atom. The largest absolute Gasteiger partial charge is 0.497 e. The van der Waals surface area contributed by atoms with Crippen molar-refractivity contribution in [2.24, 2.45) is 0 Å². The number of carbonyl (C=O) groups excluding carboxylic acids is 1. The molecule has 1 aromatic heterocycles. The van der Waals surface area contributed by atoms with Gasteiger partial charge in [-0.05, 0) is 30.5 Å². The van der Waals surface area contributed by atoms with Crippen molar-refractivity contribution in [3.63, 3.8) is 0 Å². The molecule has 0 aliphatic heterocycles. The van der Waals surface area contributed by atoms with E-state index < -0.39 is 0 Å². The lowest BCUT2D eigenvalue weighted by atomic mass is 10.1. The summed E-state index contributed by atoms with van der Waals surface area (Å²) in [5.41, 5.74) is 2.89. The van der Waals surface area contributed by atoms with Crippen LogP contribution >= 0.6 is 11.8 Å². The second-order valence-electron chi connectivity index (χ2n) is 4.21. The normalized spacial score (nSPS) is 10.3. The SMILES string of the molecule is COc1ccc(-c2[nH]ncc2CNC(=O)CSC)cc1. The summed E-state index contributed by atoms with van der Waals surface area (Å²) in [6.07, 6.45) is 3.64. The number of carbonyl (C=O) groups is 1. The van der Waals surface area contributed by atoms with Gasteiger partial charge in [-0.1, -0.05) is 0 Å². The molecule has 0 spiro atoms. The molecule has 0 fully saturated rings. The van der Waals surface area contributed by atoms with Crippen molar-refractivity contribution in [1.82, 2.24) is 15.5 Å². The van der Waals surface area contributed by atoms with E-state index in [1.165, 1.54) is 11.8 Å². The molecule has 1 amide bonds. The summed E-state index contributed by atoms with van der Waals surface area (Å²) in [5, 5.41) is 9.89. The van der Waals surface area contributed by atoms with Crippen LogP contribution in [0.3, 0.4) is 0 Å². The molecule has 1 aromatic carbocycles.